The minimum absolute atomic E-state index is 0.0447. The number of hydrogen-bond acceptors (Lipinski definition) is 3. The van der Waals surface area contributed by atoms with Crippen molar-refractivity contribution in [2.24, 2.45) is 11.7 Å². The van der Waals surface area contributed by atoms with Gasteiger partial charge in [-0.15, -0.1) is 0 Å². The van der Waals surface area contributed by atoms with Crippen molar-refractivity contribution in [1.29, 1.82) is 0 Å². The molecule has 0 aliphatic rings. The smallest absolute Gasteiger partial charge is 0.256 e. The predicted molar refractivity (Wildman–Crippen MR) is 70.7 cm³/mol. The maximum absolute atomic E-state index is 13.0. The number of nitrogen functional groups attached to an aromatic ring is 1. The average molecular weight is 267 g/mol. The van der Waals surface area contributed by atoms with E-state index in [-0.39, 0.29) is 23.7 Å². The summed E-state index contributed by atoms with van der Waals surface area (Å²) in [6.45, 7) is 4.01. The Morgan fingerprint density at radius 1 is 1.37 bits per heavy atom. The second-order valence-corrected chi connectivity index (χ2v) is 4.78. The van der Waals surface area contributed by atoms with Crippen LogP contribution in [-0.2, 0) is 4.79 Å². The Labute approximate surface area is 111 Å². The first kappa shape index (κ1) is 14.9. The zero-order valence-electron chi connectivity index (χ0n) is 11.0. The molecule has 1 rings (SSSR count). The molecule has 0 aromatic heterocycles. The molecule has 19 heavy (non-hydrogen) atoms. The molecular formula is C13H18FN3O2. The van der Waals surface area contributed by atoms with E-state index in [2.05, 4.69) is 0 Å². The van der Waals surface area contributed by atoms with Crippen LogP contribution in [0.1, 0.15) is 24.2 Å². The number of nitrogens with two attached hydrogens (primary N) is 2. The summed E-state index contributed by atoms with van der Waals surface area (Å²) < 4.78 is 13.0. The number of carbonyl (C=O) groups is 2. The summed E-state index contributed by atoms with van der Waals surface area (Å²) in [6.07, 6.45) is 0. The molecule has 0 bridgehead atoms. The number of carbonyl (C=O) groups excluding carboxylic acids is 2. The Bertz CT molecular complexity index is 489. The zero-order valence-corrected chi connectivity index (χ0v) is 11.0. The van der Waals surface area contributed by atoms with Crippen LogP contribution in [0.3, 0.4) is 0 Å². The maximum Gasteiger partial charge on any atom is 0.256 e. The van der Waals surface area contributed by atoms with Gasteiger partial charge in [-0.1, -0.05) is 13.8 Å². The molecular weight excluding hydrogens is 249 g/mol. The van der Waals surface area contributed by atoms with Gasteiger partial charge >= 0.3 is 0 Å². The van der Waals surface area contributed by atoms with E-state index < -0.39 is 17.6 Å². The number of amides is 2. The van der Waals surface area contributed by atoms with Crippen molar-refractivity contribution in [1.82, 2.24) is 4.90 Å². The molecule has 0 saturated heterocycles. The van der Waals surface area contributed by atoms with Gasteiger partial charge in [-0.2, -0.15) is 0 Å². The molecule has 6 heteroatoms. The van der Waals surface area contributed by atoms with Crippen LogP contribution in [0.25, 0.3) is 0 Å². The average Bonchev–Trinajstić information content (AvgIpc) is 2.26. The summed E-state index contributed by atoms with van der Waals surface area (Å²) in [7, 11) is 0. The quantitative estimate of drug-likeness (QED) is 0.780. The van der Waals surface area contributed by atoms with Crippen molar-refractivity contribution < 1.29 is 14.0 Å². The first-order chi connectivity index (χ1) is 8.81. The van der Waals surface area contributed by atoms with Gasteiger partial charge in [0.25, 0.3) is 5.91 Å². The highest BCUT2D eigenvalue weighted by Crippen LogP contribution is 2.16. The minimum atomic E-state index is -0.602. The highest BCUT2D eigenvalue weighted by atomic mass is 19.1. The van der Waals surface area contributed by atoms with E-state index in [0.29, 0.717) is 6.54 Å². The number of nitrogens with zero attached hydrogens (tertiary/aromatic N) is 1. The molecule has 0 saturated carbocycles. The highest BCUT2D eigenvalue weighted by Gasteiger charge is 2.20. The maximum atomic E-state index is 13.0. The van der Waals surface area contributed by atoms with Gasteiger partial charge in [0.2, 0.25) is 5.91 Å². The number of hydrogen-bond donors (Lipinski definition) is 2. The summed E-state index contributed by atoms with van der Waals surface area (Å²) in [5.74, 6) is -1.37. The van der Waals surface area contributed by atoms with Crippen molar-refractivity contribution >= 4 is 17.5 Å². The molecule has 5 nitrogen and oxygen atoms in total. The van der Waals surface area contributed by atoms with Crippen molar-refractivity contribution in [3.05, 3.63) is 29.6 Å². The third-order valence-corrected chi connectivity index (χ3v) is 2.46. The minimum Gasteiger partial charge on any atom is -0.398 e. The normalized spacial score (nSPS) is 10.5. The van der Waals surface area contributed by atoms with Gasteiger partial charge in [0, 0.05) is 12.2 Å². The summed E-state index contributed by atoms with van der Waals surface area (Å²) in [6, 6.07) is 3.54. The predicted octanol–water partition coefficient (Wildman–Crippen LogP) is 0.991. The van der Waals surface area contributed by atoms with E-state index in [4.69, 9.17) is 11.5 Å². The lowest BCUT2D eigenvalue weighted by atomic mass is 10.1. The number of anilines is 1. The molecule has 0 aliphatic heterocycles. The van der Waals surface area contributed by atoms with Crippen molar-refractivity contribution in [2.45, 2.75) is 13.8 Å². The fourth-order valence-electron chi connectivity index (χ4n) is 1.75. The van der Waals surface area contributed by atoms with Gasteiger partial charge in [0.1, 0.15) is 5.82 Å². The Hall–Kier alpha value is -2.11. The van der Waals surface area contributed by atoms with Gasteiger partial charge in [-0.3, -0.25) is 9.59 Å². The standard InChI is InChI=1S/C13H18FN3O2/c1-8(2)6-17(7-12(16)18)13(19)10-4-3-9(14)5-11(10)15/h3-5,8H,6-7,15H2,1-2H3,(H2,16,18). The lowest BCUT2D eigenvalue weighted by Crippen LogP contribution is -2.40. The van der Waals surface area contributed by atoms with Gasteiger partial charge in [-0.25, -0.2) is 4.39 Å². The molecule has 104 valence electrons. The third-order valence-electron chi connectivity index (χ3n) is 2.46. The Morgan fingerprint density at radius 2 is 2.00 bits per heavy atom. The number of halogens is 1. The number of rotatable bonds is 5. The highest BCUT2D eigenvalue weighted by molar-refractivity contribution is 6.00. The molecule has 4 N–H and O–H groups in total. The molecule has 0 spiro atoms. The lowest BCUT2D eigenvalue weighted by Gasteiger charge is -2.23. The van der Waals surface area contributed by atoms with Gasteiger partial charge in [0.05, 0.1) is 12.1 Å². The lowest BCUT2D eigenvalue weighted by molar-refractivity contribution is -0.118. The Kier molecular flexibility index (Phi) is 4.86. The molecule has 1 aromatic rings. The molecule has 0 heterocycles. The number of primary amides is 1. The van der Waals surface area contributed by atoms with Gasteiger partial charge in [-0.05, 0) is 24.1 Å². The van der Waals surface area contributed by atoms with Crippen molar-refractivity contribution in [3.8, 4) is 0 Å². The van der Waals surface area contributed by atoms with E-state index in [0.717, 1.165) is 12.1 Å². The zero-order chi connectivity index (χ0) is 14.6. The first-order valence-corrected chi connectivity index (χ1v) is 5.94. The molecule has 0 atom stereocenters. The van der Waals surface area contributed by atoms with Gasteiger partial charge < -0.3 is 16.4 Å². The first-order valence-electron chi connectivity index (χ1n) is 5.94. The van der Waals surface area contributed by atoms with E-state index in [1.54, 1.807) is 0 Å². The Morgan fingerprint density at radius 3 is 2.47 bits per heavy atom. The van der Waals surface area contributed by atoms with Crippen LogP contribution in [0.15, 0.2) is 18.2 Å². The molecule has 0 aliphatic carbocycles. The second kappa shape index (κ2) is 6.17. The fourth-order valence-corrected chi connectivity index (χ4v) is 1.75. The Balaban J connectivity index is 3.00. The van der Waals surface area contributed by atoms with E-state index in [9.17, 15) is 14.0 Å². The fraction of sp³-hybridized carbons (Fsp3) is 0.385. The monoisotopic (exact) mass is 267 g/mol. The van der Waals surface area contributed by atoms with Crippen LogP contribution in [0, 0.1) is 11.7 Å². The van der Waals surface area contributed by atoms with Crippen molar-refractivity contribution in [2.75, 3.05) is 18.8 Å². The van der Waals surface area contributed by atoms with Crippen LogP contribution in [-0.4, -0.2) is 29.8 Å². The molecule has 0 fully saturated rings. The molecule has 2 amide bonds. The van der Waals surface area contributed by atoms with Crippen LogP contribution in [0.5, 0.6) is 0 Å². The summed E-state index contributed by atoms with van der Waals surface area (Å²) >= 11 is 0. The van der Waals surface area contributed by atoms with Crippen LogP contribution < -0.4 is 11.5 Å². The topological polar surface area (TPSA) is 89.4 Å². The second-order valence-electron chi connectivity index (χ2n) is 4.78. The summed E-state index contributed by atoms with van der Waals surface area (Å²) in [5, 5.41) is 0. The molecule has 0 unspecified atom stereocenters. The van der Waals surface area contributed by atoms with E-state index >= 15 is 0 Å². The summed E-state index contributed by atoms with van der Waals surface area (Å²) in [4.78, 5) is 24.6. The summed E-state index contributed by atoms with van der Waals surface area (Å²) in [5.41, 5.74) is 11.0. The van der Waals surface area contributed by atoms with Crippen molar-refractivity contribution in [3.63, 3.8) is 0 Å². The molecule has 1 aromatic carbocycles. The van der Waals surface area contributed by atoms with E-state index in [1.807, 2.05) is 13.8 Å². The van der Waals surface area contributed by atoms with E-state index in [1.165, 1.54) is 11.0 Å². The third kappa shape index (κ3) is 4.24. The largest absolute Gasteiger partial charge is 0.398 e. The van der Waals surface area contributed by atoms with Crippen LogP contribution in [0.4, 0.5) is 10.1 Å². The SMILES string of the molecule is CC(C)CN(CC(N)=O)C(=O)c1ccc(F)cc1N. The van der Waals surface area contributed by atoms with Crippen LogP contribution in [0.2, 0.25) is 0 Å². The van der Waals surface area contributed by atoms with Crippen LogP contribution >= 0.6 is 0 Å². The molecule has 0 radical (unpaired) electrons. The number of benzene rings is 1. The van der Waals surface area contributed by atoms with Gasteiger partial charge in [0.15, 0.2) is 0 Å².